The van der Waals surface area contributed by atoms with Crippen LogP contribution in [-0.4, -0.2) is 33.8 Å². The van der Waals surface area contributed by atoms with Gasteiger partial charge in [0.15, 0.2) is 10.1 Å². The molecule has 0 bridgehead atoms. The van der Waals surface area contributed by atoms with E-state index in [4.69, 9.17) is 4.42 Å². The van der Waals surface area contributed by atoms with Crippen molar-refractivity contribution in [3.05, 3.63) is 62.7 Å². The molecule has 0 saturated heterocycles. The second kappa shape index (κ2) is 7.14. The summed E-state index contributed by atoms with van der Waals surface area (Å²) in [6.07, 6.45) is 0.902. The van der Waals surface area contributed by atoms with Crippen LogP contribution >= 0.6 is 0 Å². The Morgan fingerprint density at radius 2 is 1.89 bits per heavy atom. The maximum Gasteiger partial charge on any atom is 1.00 e. The molecule has 0 saturated carbocycles. The summed E-state index contributed by atoms with van der Waals surface area (Å²) >= 11 is 0. The van der Waals surface area contributed by atoms with E-state index in [0.717, 1.165) is 18.3 Å². The van der Waals surface area contributed by atoms with Crippen molar-refractivity contribution in [3.63, 3.8) is 0 Å². The standard InChI is InChI=1S/C15H9FN4O6S.Na/c16-7-1-3-10-9(5-7)12-13(18-10)14(21)20(15(22)19-12)17-6-8-2-4-11(26-8)27(23,24)25;/h1-6,18H,(H,19,22)(H,23,24,25);/q;+1/p-1. The van der Waals surface area contributed by atoms with Crippen LogP contribution < -0.4 is 40.8 Å². The summed E-state index contributed by atoms with van der Waals surface area (Å²) in [4.78, 5) is 29.9. The number of aromatic amines is 2. The van der Waals surface area contributed by atoms with Gasteiger partial charge < -0.3 is 18.9 Å². The number of halogens is 1. The van der Waals surface area contributed by atoms with Crippen molar-refractivity contribution in [2.45, 2.75) is 5.09 Å². The van der Waals surface area contributed by atoms with Gasteiger partial charge in [-0.3, -0.25) is 4.79 Å². The van der Waals surface area contributed by atoms with Crippen LogP contribution in [0, 0.1) is 5.82 Å². The number of nitrogens with zero attached hydrogens (tertiary/aromatic N) is 2. The Labute approximate surface area is 176 Å². The summed E-state index contributed by atoms with van der Waals surface area (Å²) in [5, 5.41) is 3.16. The minimum absolute atomic E-state index is 0. The Morgan fingerprint density at radius 3 is 2.57 bits per heavy atom. The minimum Gasteiger partial charge on any atom is -0.742 e. The first-order valence-corrected chi connectivity index (χ1v) is 8.71. The first-order chi connectivity index (χ1) is 12.7. The van der Waals surface area contributed by atoms with Crippen LogP contribution in [0.15, 0.2) is 54.5 Å². The number of H-pyrrole nitrogens is 2. The summed E-state index contributed by atoms with van der Waals surface area (Å²) in [6.45, 7) is 0. The second-order valence-corrected chi connectivity index (χ2v) is 6.78. The van der Waals surface area contributed by atoms with Crippen LogP contribution in [0.5, 0.6) is 0 Å². The van der Waals surface area contributed by atoms with E-state index in [-0.39, 0.29) is 46.4 Å². The zero-order valence-electron chi connectivity index (χ0n) is 14.1. The average molecular weight is 414 g/mol. The van der Waals surface area contributed by atoms with Crippen LogP contribution in [0.1, 0.15) is 5.76 Å². The number of nitrogens with one attached hydrogen (secondary N) is 2. The molecule has 3 heterocycles. The molecular weight excluding hydrogens is 406 g/mol. The van der Waals surface area contributed by atoms with Gasteiger partial charge in [-0.2, -0.15) is 5.10 Å². The normalized spacial score (nSPS) is 12.1. The van der Waals surface area contributed by atoms with Crippen LogP contribution in [0.25, 0.3) is 21.9 Å². The second-order valence-electron chi connectivity index (χ2n) is 5.47. The van der Waals surface area contributed by atoms with Crippen LogP contribution in [0.2, 0.25) is 0 Å². The molecule has 10 nitrogen and oxygen atoms in total. The minimum atomic E-state index is -4.78. The van der Waals surface area contributed by atoms with Crippen molar-refractivity contribution in [2.24, 2.45) is 5.10 Å². The molecule has 0 aliphatic rings. The van der Waals surface area contributed by atoms with Gasteiger partial charge in [0.05, 0.1) is 11.7 Å². The monoisotopic (exact) mass is 414 g/mol. The molecule has 4 aromatic rings. The first kappa shape index (κ1) is 20.2. The fraction of sp³-hybridized carbons (Fsp3) is 0. The Bertz CT molecular complexity index is 1460. The largest absolute Gasteiger partial charge is 1.00 e. The number of rotatable bonds is 3. The molecule has 138 valence electrons. The van der Waals surface area contributed by atoms with E-state index in [1.807, 2.05) is 0 Å². The number of aromatic nitrogens is 3. The maximum atomic E-state index is 13.4. The Kier molecular flexibility index (Phi) is 5.16. The van der Waals surface area contributed by atoms with Gasteiger partial charge in [0.1, 0.15) is 17.1 Å². The van der Waals surface area contributed by atoms with Gasteiger partial charge in [0.25, 0.3) is 0 Å². The predicted octanol–water partition coefficient (Wildman–Crippen LogP) is -2.31. The van der Waals surface area contributed by atoms with E-state index in [0.29, 0.717) is 15.6 Å². The molecule has 13 heteroatoms. The van der Waals surface area contributed by atoms with Gasteiger partial charge in [0.2, 0.25) is 5.09 Å². The fourth-order valence-electron chi connectivity index (χ4n) is 2.57. The van der Waals surface area contributed by atoms with E-state index in [1.54, 1.807) is 0 Å². The number of hydrogen-bond donors (Lipinski definition) is 2. The molecule has 2 N–H and O–H groups in total. The zero-order chi connectivity index (χ0) is 19.3. The van der Waals surface area contributed by atoms with Crippen LogP contribution in [-0.2, 0) is 10.1 Å². The average Bonchev–Trinajstić information content (AvgIpc) is 3.20. The number of fused-ring (bicyclic) bond motifs is 3. The van der Waals surface area contributed by atoms with E-state index in [2.05, 4.69) is 15.1 Å². The predicted molar refractivity (Wildman–Crippen MR) is 90.3 cm³/mol. The fourth-order valence-corrected chi connectivity index (χ4v) is 3.00. The molecule has 0 radical (unpaired) electrons. The first-order valence-electron chi connectivity index (χ1n) is 7.30. The summed E-state index contributed by atoms with van der Waals surface area (Å²) in [5.74, 6) is -0.692. The van der Waals surface area contributed by atoms with Gasteiger partial charge >= 0.3 is 40.8 Å². The van der Waals surface area contributed by atoms with Crippen LogP contribution in [0.4, 0.5) is 4.39 Å². The molecule has 0 unspecified atom stereocenters. The summed E-state index contributed by atoms with van der Waals surface area (Å²) < 4.78 is 51.2. The Morgan fingerprint density at radius 1 is 1.14 bits per heavy atom. The smallest absolute Gasteiger partial charge is 0.742 e. The van der Waals surface area contributed by atoms with Crippen molar-refractivity contribution in [3.8, 4) is 0 Å². The van der Waals surface area contributed by atoms with Crippen molar-refractivity contribution < 1.29 is 51.3 Å². The van der Waals surface area contributed by atoms with E-state index in [9.17, 15) is 27.0 Å². The van der Waals surface area contributed by atoms with Gasteiger partial charge in [0, 0.05) is 10.9 Å². The molecule has 1 aromatic carbocycles. The van der Waals surface area contributed by atoms with E-state index in [1.165, 1.54) is 18.2 Å². The zero-order valence-corrected chi connectivity index (χ0v) is 16.9. The van der Waals surface area contributed by atoms with Gasteiger partial charge in [-0.1, -0.05) is 0 Å². The van der Waals surface area contributed by atoms with Crippen LogP contribution in [0.3, 0.4) is 0 Å². The Balaban J connectivity index is 0.00000225. The molecule has 3 aromatic heterocycles. The molecule has 0 amide bonds. The molecular formula is C15H8FN4NaO6S. The summed E-state index contributed by atoms with van der Waals surface area (Å²) in [6, 6.07) is 5.85. The van der Waals surface area contributed by atoms with Crippen molar-refractivity contribution in [2.75, 3.05) is 0 Å². The van der Waals surface area contributed by atoms with E-state index < -0.39 is 32.3 Å². The Hall–Kier alpha value is -2.51. The molecule has 0 atom stereocenters. The number of furan rings is 1. The molecule has 0 aliphatic carbocycles. The summed E-state index contributed by atoms with van der Waals surface area (Å²) in [5.41, 5.74) is -1.16. The SMILES string of the molecule is O=c1[nH]c2c([nH]c3ccc(F)cc32)c(=O)n1N=Cc1ccc(S(=O)(=O)[O-])o1.[Na+]. The maximum absolute atomic E-state index is 13.4. The molecule has 0 aliphatic heterocycles. The molecule has 4 rings (SSSR count). The van der Waals surface area contributed by atoms with Crippen molar-refractivity contribution in [1.82, 2.24) is 14.6 Å². The quantitative estimate of drug-likeness (QED) is 0.218. The topological polar surface area (TPSA) is 153 Å². The van der Waals surface area contributed by atoms with Gasteiger partial charge in [-0.25, -0.2) is 17.6 Å². The molecule has 0 fully saturated rings. The number of hydrogen-bond acceptors (Lipinski definition) is 7. The van der Waals surface area contributed by atoms with E-state index >= 15 is 0 Å². The van der Waals surface area contributed by atoms with Gasteiger partial charge in [-0.05, 0) is 30.3 Å². The van der Waals surface area contributed by atoms with Crippen molar-refractivity contribution in [1.29, 1.82) is 0 Å². The third-order valence-corrected chi connectivity index (χ3v) is 4.45. The molecule has 28 heavy (non-hydrogen) atoms. The number of benzene rings is 1. The third kappa shape index (κ3) is 3.47. The molecule has 0 spiro atoms. The third-order valence-electron chi connectivity index (χ3n) is 3.74. The van der Waals surface area contributed by atoms with Crippen molar-refractivity contribution >= 4 is 38.3 Å². The van der Waals surface area contributed by atoms with Gasteiger partial charge in [-0.15, -0.1) is 4.68 Å². The summed E-state index contributed by atoms with van der Waals surface area (Å²) in [7, 11) is -4.78.